The third-order valence-electron chi connectivity index (χ3n) is 4.20. The minimum Gasteiger partial charge on any atom is -0.451 e. The Morgan fingerprint density at radius 2 is 2.19 bits per heavy atom. The lowest BCUT2D eigenvalue weighted by molar-refractivity contribution is -0.165. The zero-order chi connectivity index (χ0) is 18.9. The number of ether oxygens (including phenoxy) is 1. The summed E-state index contributed by atoms with van der Waals surface area (Å²) in [5.41, 5.74) is 1.09. The van der Waals surface area contributed by atoms with Gasteiger partial charge in [0.2, 0.25) is 5.91 Å². The van der Waals surface area contributed by atoms with Crippen molar-refractivity contribution in [3.8, 4) is 12.3 Å². The molecule has 0 radical (unpaired) electrons. The van der Waals surface area contributed by atoms with E-state index in [2.05, 4.69) is 16.2 Å². The predicted molar refractivity (Wildman–Crippen MR) is 94.6 cm³/mol. The SMILES string of the molecule is C#CC(CNC(C)=O)C(=O)OC1CCCN(CCc2ccncc2)C1=O. The standard InChI is InChI=1S/C19H23N3O4/c1-3-16(13-21-14(2)23)19(25)26-17-5-4-11-22(18(17)24)12-8-15-6-9-20-10-7-15/h1,6-7,9-10,16-17H,4-5,8,11-13H2,2H3,(H,21,23). The number of pyridine rings is 1. The summed E-state index contributed by atoms with van der Waals surface area (Å²) in [4.78, 5) is 41.4. The number of likely N-dealkylation sites (tertiary alicyclic amines) is 1. The molecular weight excluding hydrogens is 334 g/mol. The number of hydrogen-bond donors (Lipinski definition) is 1. The van der Waals surface area contributed by atoms with E-state index in [1.807, 2.05) is 12.1 Å². The van der Waals surface area contributed by atoms with Gasteiger partial charge in [-0.25, -0.2) is 0 Å². The maximum atomic E-state index is 12.6. The van der Waals surface area contributed by atoms with Crippen molar-refractivity contribution < 1.29 is 19.1 Å². The lowest BCUT2D eigenvalue weighted by Crippen LogP contribution is -2.47. The molecule has 1 aliphatic rings. The van der Waals surface area contributed by atoms with Crippen LogP contribution in [-0.2, 0) is 25.5 Å². The molecule has 2 amide bonds. The molecule has 0 aromatic carbocycles. The summed E-state index contributed by atoms with van der Waals surface area (Å²) in [6, 6.07) is 3.82. The Bertz CT molecular complexity index is 684. The van der Waals surface area contributed by atoms with E-state index in [-0.39, 0.29) is 18.4 Å². The normalized spacial score (nSPS) is 17.9. The van der Waals surface area contributed by atoms with Gasteiger partial charge in [0.15, 0.2) is 6.10 Å². The summed E-state index contributed by atoms with van der Waals surface area (Å²) in [5.74, 6) is 0.255. The van der Waals surface area contributed by atoms with E-state index in [1.165, 1.54) is 6.92 Å². The van der Waals surface area contributed by atoms with Crippen molar-refractivity contribution >= 4 is 17.8 Å². The lowest BCUT2D eigenvalue weighted by Gasteiger charge is -2.32. The highest BCUT2D eigenvalue weighted by Gasteiger charge is 2.33. The first-order valence-electron chi connectivity index (χ1n) is 8.60. The molecule has 7 heteroatoms. The first-order chi connectivity index (χ1) is 12.5. The van der Waals surface area contributed by atoms with Gasteiger partial charge in [-0.2, -0.15) is 0 Å². The highest BCUT2D eigenvalue weighted by molar-refractivity contribution is 5.86. The Morgan fingerprint density at radius 1 is 1.46 bits per heavy atom. The van der Waals surface area contributed by atoms with Gasteiger partial charge >= 0.3 is 5.97 Å². The van der Waals surface area contributed by atoms with E-state index in [0.29, 0.717) is 25.9 Å². The van der Waals surface area contributed by atoms with E-state index in [1.54, 1.807) is 17.3 Å². The van der Waals surface area contributed by atoms with Crippen LogP contribution in [0.15, 0.2) is 24.5 Å². The summed E-state index contributed by atoms with van der Waals surface area (Å²) < 4.78 is 5.34. The molecule has 0 aliphatic carbocycles. The van der Waals surface area contributed by atoms with Gasteiger partial charge in [0.25, 0.3) is 5.91 Å². The number of esters is 1. The zero-order valence-electron chi connectivity index (χ0n) is 14.8. The number of terminal acetylenes is 1. The number of piperidine rings is 1. The highest BCUT2D eigenvalue weighted by atomic mass is 16.5. The Hall–Kier alpha value is -2.88. The number of nitrogens with zero attached hydrogens (tertiary/aromatic N) is 2. The molecule has 1 fully saturated rings. The highest BCUT2D eigenvalue weighted by Crippen LogP contribution is 2.17. The van der Waals surface area contributed by atoms with Crippen LogP contribution in [0.4, 0.5) is 0 Å². The van der Waals surface area contributed by atoms with Crippen LogP contribution in [0.3, 0.4) is 0 Å². The van der Waals surface area contributed by atoms with Crippen LogP contribution < -0.4 is 5.32 Å². The van der Waals surface area contributed by atoms with Gasteiger partial charge < -0.3 is 15.0 Å². The Balaban J connectivity index is 1.88. The molecule has 1 saturated heterocycles. The van der Waals surface area contributed by atoms with Gasteiger partial charge in [0, 0.05) is 39.0 Å². The van der Waals surface area contributed by atoms with E-state index >= 15 is 0 Å². The molecule has 0 spiro atoms. The third-order valence-corrected chi connectivity index (χ3v) is 4.20. The average Bonchev–Trinajstić information content (AvgIpc) is 2.63. The molecule has 1 aromatic heterocycles. The average molecular weight is 357 g/mol. The summed E-state index contributed by atoms with van der Waals surface area (Å²) in [6.45, 7) is 2.53. The van der Waals surface area contributed by atoms with Crippen LogP contribution in [0.1, 0.15) is 25.3 Å². The van der Waals surface area contributed by atoms with Crippen LogP contribution in [-0.4, -0.2) is 53.4 Å². The largest absolute Gasteiger partial charge is 0.451 e. The second kappa shape index (κ2) is 9.56. The number of rotatable bonds is 7. The first-order valence-corrected chi connectivity index (χ1v) is 8.60. The minimum absolute atomic E-state index is 0.00264. The molecule has 2 unspecified atom stereocenters. The molecule has 2 rings (SSSR count). The molecule has 138 valence electrons. The van der Waals surface area contributed by atoms with Crippen molar-refractivity contribution in [2.45, 2.75) is 32.3 Å². The second-order valence-corrected chi connectivity index (χ2v) is 6.15. The maximum absolute atomic E-state index is 12.6. The Morgan fingerprint density at radius 3 is 2.85 bits per heavy atom. The van der Waals surface area contributed by atoms with E-state index in [4.69, 9.17) is 11.2 Å². The van der Waals surface area contributed by atoms with E-state index < -0.39 is 18.0 Å². The number of carbonyl (C=O) groups is 3. The lowest BCUT2D eigenvalue weighted by atomic mass is 10.1. The van der Waals surface area contributed by atoms with Gasteiger partial charge in [-0.15, -0.1) is 6.42 Å². The van der Waals surface area contributed by atoms with Crippen LogP contribution >= 0.6 is 0 Å². The Kier molecular flexibility index (Phi) is 7.15. The van der Waals surface area contributed by atoms with Crippen molar-refractivity contribution in [1.29, 1.82) is 0 Å². The van der Waals surface area contributed by atoms with Crippen LogP contribution in [0.25, 0.3) is 0 Å². The van der Waals surface area contributed by atoms with Crippen molar-refractivity contribution in [3.05, 3.63) is 30.1 Å². The van der Waals surface area contributed by atoms with Gasteiger partial charge in [-0.3, -0.25) is 19.4 Å². The molecule has 2 atom stereocenters. The van der Waals surface area contributed by atoms with Crippen LogP contribution in [0.5, 0.6) is 0 Å². The van der Waals surface area contributed by atoms with Gasteiger partial charge in [0.05, 0.1) is 0 Å². The maximum Gasteiger partial charge on any atom is 0.323 e. The van der Waals surface area contributed by atoms with E-state index in [9.17, 15) is 14.4 Å². The molecule has 26 heavy (non-hydrogen) atoms. The summed E-state index contributed by atoms with van der Waals surface area (Å²) in [7, 11) is 0. The van der Waals surface area contributed by atoms with Gasteiger partial charge in [0.1, 0.15) is 5.92 Å². The fraction of sp³-hybridized carbons (Fsp3) is 0.474. The van der Waals surface area contributed by atoms with Crippen molar-refractivity contribution in [3.63, 3.8) is 0 Å². The zero-order valence-corrected chi connectivity index (χ0v) is 14.8. The van der Waals surface area contributed by atoms with Crippen molar-refractivity contribution in [1.82, 2.24) is 15.2 Å². The topological polar surface area (TPSA) is 88.6 Å². The minimum atomic E-state index is -0.904. The molecule has 1 N–H and O–H groups in total. The summed E-state index contributed by atoms with van der Waals surface area (Å²) >= 11 is 0. The fourth-order valence-corrected chi connectivity index (χ4v) is 2.73. The molecule has 1 aromatic rings. The number of hydrogen-bond acceptors (Lipinski definition) is 5. The quantitative estimate of drug-likeness (QED) is 0.568. The monoisotopic (exact) mass is 357 g/mol. The summed E-state index contributed by atoms with van der Waals surface area (Å²) in [5, 5.41) is 2.49. The third kappa shape index (κ3) is 5.59. The van der Waals surface area contributed by atoms with Crippen LogP contribution in [0, 0.1) is 18.3 Å². The predicted octanol–water partition coefficient (Wildman–Crippen LogP) is 0.544. The molecule has 0 saturated carbocycles. The summed E-state index contributed by atoms with van der Waals surface area (Å²) in [6.07, 6.45) is 9.90. The number of amides is 2. The first kappa shape index (κ1) is 19.4. The van der Waals surface area contributed by atoms with Gasteiger partial charge in [-0.1, -0.05) is 5.92 Å². The van der Waals surface area contributed by atoms with Crippen LogP contribution in [0.2, 0.25) is 0 Å². The molecule has 0 bridgehead atoms. The smallest absolute Gasteiger partial charge is 0.323 e. The fourth-order valence-electron chi connectivity index (χ4n) is 2.73. The van der Waals surface area contributed by atoms with Crippen molar-refractivity contribution in [2.75, 3.05) is 19.6 Å². The Labute approximate surface area is 153 Å². The molecular formula is C19H23N3O4. The van der Waals surface area contributed by atoms with Gasteiger partial charge in [-0.05, 0) is 37.0 Å². The van der Waals surface area contributed by atoms with Crippen molar-refractivity contribution in [2.24, 2.45) is 5.92 Å². The molecule has 1 aliphatic heterocycles. The second-order valence-electron chi connectivity index (χ2n) is 6.15. The number of aromatic nitrogens is 1. The van der Waals surface area contributed by atoms with E-state index in [0.717, 1.165) is 12.0 Å². The molecule has 2 heterocycles. The number of carbonyl (C=O) groups excluding carboxylic acids is 3. The number of nitrogens with one attached hydrogen (secondary N) is 1. The molecule has 7 nitrogen and oxygen atoms in total.